The molecule has 0 aliphatic heterocycles. The van der Waals surface area contributed by atoms with Crippen molar-refractivity contribution in [1.29, 1.82) is 0 Å². The standard InChI is InChI=1S/C54H87O9P/c1-3-5-7-9-11-13-15-17-19-21-23-24-25-26-27-29-31-33-35-37-39-41-43-45-47-60-50-53(51-62-64(58,59)61-49-52(56)48-55)63-54(57)46-44-42-40-38-36-34-32-30-28-22-20-18-16-14-12-10-8-6-4-2/h5-8,11-14,17-20,23-24,26-28,30-31,33-34,36,52-53,55-56H,3-4,9-10,15-16,21-22,25,29,32,35,37-51H2,1-2H3,(H,58,59)/b7-5-,8-6-,13-11-,14-12-,19-17-,20-18-,24-23-,27-26-,30-28-,33-31-,36-34-. The van der Waals surface area contributed by atoms with Gasteiger partial charge in [-0.3, -0.25) is 13.8 Å². The van der Waals surface area contributed by atoms with E-state index in [4.69, 9.17) is 23.6 Å². The van der Waals surface area contributed by atoms with E-state index in [1.807, 2.05) is 0 Å². The molecule has 0 radical (unpaired) electrons. The summed E-state index contributed by atoms with van der Waals surface area (Å²) in [5, 5.41) is 18.4. The third kappa shape index (κ3) is 48.1. The number of aliphatic hydroxyl groups is 2. The molecule has 0 rings (SSSR count). The number of ether oxygens (including phenoxy) is 2. The molecular weight excluding hydrogens is 824 g/mol. The Morgan fingerprint density at radius 3 is 1.27 bits per heavy atom. The Hall–Kier alpha value is -3.40. The molecule has 0 aromatic heterocycles. The van der Waals surface area contributed by atoms with Crippen molar-refractivity contribution in [2.24, 2.45) is 0 Å². The minimum Gasteiger partial charge on any atom is -0.457 e. The van der Waals surface area contributed by atoms with Gasteiger partial charge >= 0.3 is 13.8 Å². The second-order valence-corrected chi connectivity index (χ2v) is 16.8. The van der Waals surface area contributed by atoms with Gasteiger partial charge in [0.05, 0.1) is 26.4 Å². The highest BCUT2D eigenvalue weighted by Crippen LogP contribution is 2.43. The predicted molar refractivity (Wildman–Crippen MR) is 269 cm³/mol. The van der Waals surface area contributed by atoms with Crippen LogP contribution in [-0.4, -0.2) is 66.3 Å². The van der Waals surface area contributed by atoms with Gasteiger partial charge in [-0.1, -0.05) is 173 Å². The Labute approximate surface area is 389 Å². The van der Waals surface area contributed by atoms with Gasteiger partial charge in [0, 0.05) is 13.0 Å². The van der Waals surface area contributed by atoms with E-state index in [-0.39, 0.29) is 13.0 Å². The summed E-state index contributed by atoms with van der Waals surface area (Å²) in [5.74, 6) is -0.427. The number of allylic oxidation sites excluding steroid dienone is 22. The van der Waals surface area contributed by atoms with Crippen LogP contribution in [0.1, 0.15) is 155 Å². The normalized spacial score (nSPS) is 15.0. The van der Waals surface area contributed by atoms with E-state index < -0.39 is 45.8 Å². The fraction of sp³-hybridized carbons (Fsp3) is 0.574. The van der Waals surface area contributed by atoms with Crippen LogP contribution < -0.4 is 0 Å². The number of rotatable bonds is 44. The van der Waals surface area contributed by atoms with Crippen molar-refractivity contribution in [2.45, 2.75) is 167 Å². The number of carbonyl (C=O) groups excluding carboxylic acids is 1. The molecule has 3 unspecified atom stereocenters. The van der Waals surface area contributed by atoms with Gasteiger partial charge in [0.15, 0.2) is 0 Å². The summed E-state index contributed by atoms with van der Waals surface area (Å²) < 4.78 is 33.4. The van der Waals surface area contributed by atoms with Crippen LogP contribution in [0.5, 0.6) is 0 Å². The lowest BCUT2D eigenvalue weighted by Gasteiger charge is -2.20. The van der Waals surface area contributed by atoms with E-state index >= 15 is 0 Å². The Morgan fingerprint density at radius 1 is 0.484 bits per heavy atom. The van der Waals surface area contributed by atoms with Gasteiger partial charge in [-0.2, -0.15) is 0 Å². The summed E-state index contributed by atoms with van der Waals surface area (Å²) in [6.45, 7) is 3.16. The zero-order chi connectivity index (χ0) is 46.7. The van der Waals surface area contributed by atoms with Crippen LogP contribution in [0.25, 0.3) is 0 Å². The average Bonchev–Trinajstić information content (AvgIpc) is 3.29. The monoisotopic (exact) mass is 911 g/mol. The van der Waals surface area contributed by atoms with E-state index in [9.17, 15) is 19.4 Å². The van der Waals surface area contributed by atoms with Gasteiger partial charge in [-0.05, 0) is 109 Å². The van der Waals surface area contributed by atoms with Crippen molar-refractivity contribution in [3.8, 4) is 0 Å². The molecule has 0 aromatic rings. The number of esters is 1. The summed E-state index contributed by atoms with van der Waals surface area (Å²) in [5.41, 5.74) is 0. The summed E-state index contributed by atoms with van der Waals surface area (Å²) in [7, 11) is -4.55. The highest BCUT2D eigenvalue weighted by Gasteiger charge is 2.26. The predicted octanol–water partition coefficient (Wildman–Crippen LogP) is 14.1. The Bertz CT molecular complexity index is 1450. The molecule has 10 heteroatoms. The second-order valence-electron chi connectivity index (χ2n) is 15.4. The Kier molecular flexibility index (Phi) is 46.4. The molecule has 3 atom stereocenters. The third-order valence-corrected chi connectivity index (χ3v) is 10.3. The number of unbranched alkanes of at least 4 members (excludes halogenated alkanes) is 8. The summed E-state index contributed by atoms with van der Waals surface area (Å²) in [6, 6.07) is 0. The summed E-state index contributed by atoms with van der Waals surface area (Å²) >= 11 is 0. The molecule has 9 nitrogen and oxygen atoms in total. The van der Waals surface area contributed by atoms with Gasteiger partial charge in [0.1, 0.15) is 12.2 Å². The van der Waals surface area contributed by atoms with E-state index in [0.29, 0.717) is 13.0 Å². The van der Waals surface area contributed by atoms with Gasteiger partial charge in [0.25, 0.3) is 0 Å². The second kappa shape index (κ2) is 49.0. The van der Waals surface area contributed by atoms with E-state index in [2.05, 4.69) is 148 Å². The molecule has 64 heavy (non-hydrogen) atoms. The van der Waals surface area contributed by atoms with Crippen LogP contribution in [0.4, 0.5) is 0 Å². The van der Waals surface area contributed by atoms with Crippen molar-refractivity contribution in [3.05, 3.63) is 134 Å². The highest BCUT2D eigenvalue weighted by molar-refractivity contribution is 7.47. The molecule has 0 amide bonds. The number of phosphoric ester groups is 1. The fourth-order valence-electron chi connectivity index (χ4n) is 5.74. The van der Waals surface area contributed by atoms with Crippen molar-refractivity contribution < 1.29 is 43.0 Å². The van der Waals surface area contributed by atoms with E-state index in [1.54, 1.807) is 0 Å². The first-order valence-corrected chi connectivity index (χ1v) is 25.7. The van der Waals surface area contributed by atoms with E-state index in [0.717, 1.165) is 128 Å². The van der Waals surface area contributed by atoms with E-state index in [1.165, 1.54) is 0 Å². The lowest BCUT2D eigenvalue weighted by Crippen LogP contribution is -2.29. The first-order chi connectivity index (χ1) is 31.3. The molecule has 0 bridgehead atoms. The molecule has 0 fully saturated rings. The van der Waals surface area contributed by atoms with Crippen LogP contribution in [0.15, 0.2) is 134 Å². The molecule has 0 aliphatic carbocycles. The van der Waals surface area contributed by atoms with Crippen LogP contribution in [-0.2, 0) is 27.9 Å². The SMILES string of the molecule is CC/C=C\C/C=C\C/C=C\C/C=C\C/C=C\C/C=C\CCCCCCCOCC(COP(=O)(O)OCC(O)CO)OC(=O)CCCCC/C=C\C/C=C\C/C=C\C/C=C\C/C=C\CC. The van der Waals surface area contributed by atoms with Crippen LogP contribution in [0.3, 0.4) is 0 Å². The molecule has 362 valence electrons. The van der Waals surface area contributed by atoms with Crippen molar-refractivity contribution in [3.63, 3.8) is 0 Å². The van der Waals surface area contributed by atoms with Crippen LogP contribution in [0, 0.1) is 0 Å². The molecule has 3 N–H and O–H groups in total. The maximum atomic E-state index is 12.7. The van der Waals surface area contributed by atoms with Crippen molar-refractivity contribution in [1.82, 2.24) is 0 Å². The third-order valence-electron chi connectivity index (χ3n) is 9.33. The lowest BCUT2D eigenvalue weighted by atomic mass is 10.1. The zero-order valence-corrected chi connectivity index (χ0v) is 40.6. The molecule has 0 spiro atoms. The zero-order valence-electron chi connectivity index (χ0n) is 39.7. The van der Waals surface area contributed by atoms with Gasteiger partial charge in [-0.25, -0.2) is 4.57 Å². The largest absolute Gasteiger partial charge is 0.472 e. The molecule has 0 saturated heterocycles. The number of hydrogen-bond acceptors (Lipinski definition) is 8. The maximum Gasteiger partial charge on any atom is 0.472 e. The summed E-state index contributed by atoms with van der Waals surface area (Å²) in [6.07, 6.45) is 67.0. The van der Waals surface area contributed by atoms with Gasteiger partial charge in [0.2, 0.25) is 0 Å². The van der Waals surface area contributed by atoms with Crippen molar-refractivity contribution >= 4 is 13.8 Å². The smallest absolute Gasteiger partial charge is 0.457 e. The minimum atomic E-state index is -4.55. The van der Waals surface area contributed by atoms with Crippen molar-refractivity contribution in [2.75, 3.05) is 33.0 Å². The van der Waals surface area contributed by atoms with Gasteiger partial charge in [-0.15, -0.1) is 0 Å². The first kappa shape index (κ1) is 60.6. The quantitative estimate of drug-likeness (QED) is 0.0237. The van der Waals surface area contributed by atoms with Gasteiger partial charge < -0.3 is 24.6 Å². The Balaban J connectivity index is 4.27. The number of carbonyl (C=O) groups is 1. The first-order valence-electron chi connectivity index (χ1n) is 24.2. The molecule has 0 aliphatic rings. The number of aliphatic hydroxyl groups excluding tert-OH is 2. The molecule has 0 aromatic carbocycles. The van der Waals surface area contributed by atoms with Crippen LogP contribution in [0.2, 0.25) is 0 Å². The summed E-state index contributed by atoms with van der Waals surface area (Å²) in [4.78, 5) is 22.7. The molecule has 0 saturated carbocycles. The average molecular weight is 911 g/mol. The highest BCUT2D eigenvalue weighted by atomic mass is 31.2. The minimum absolute atomic E-state index is 0.0117. The Morgan fingerprint density at radius 2 is 0.844 bits per heavy atom. The fourth-order valence-corrected chi connectivity index (χ4v) is 6.53. The molecular formula is C54H87O9P. The maximum absolute atomic E-state index is 12.7. The number of hydrogen-bond donors (Lipinski definition) is 3. The van der Waals surface area contributed by atoms with Crippen LogP contribution >= 0.6 is 7.82 Å². The lowest BCUT2D eigenvalue weighted by molar-refractivity contribution is -0.154. The molecule has 0 heterocycles. The number of phosphoric acid groups is 1. The topological polar surface area (TPSA) is 132 Å².